The molecular formula is C26H28ClN5O4. The summed E-state index contributed by atoms with van der Waals surface area (Å²) in [6.45, 7) is 4.49. The number of amides is 3. The Morgan fingerprint density at radius 2 is 1.94 bits per heavy atom. The zero-order valence-corrected chi connectivity index (χ0v) is 21.1. The zero-order valence-electron chi connectivity index (χ0n) is 20.4. The number of carbonyl (C=O) groups excluding carboxylic acids is 3. The second-order valence-electron chi connectivity index (χ2n) is 8.80. The van der Waals surface area contributed by atoms with Crippen LogP contribution in [0.3, 0.4) is 0 Å². The van der Waals surface area contributed by atoms with E-state index in [0.717, 1.165) is 11.3 Å². The highest BCUT2D eigenvalue weighted by Gasteiger charge is 2.48. The van der Waals surface area contributed by atoms with E-state index >= 15 is 0 Å². The number of rotatable bonds is 8. The van der Waals surface area contributed by atoms with Crippen LogP contribution >= 0.6 is 11.6 Å². The molecule has 0 unspecified atom stereocenters. The lowest BCUT2D eigenvalue weighted by Crippen LogP contribution is -2.64. The van der Waals surface area contributed by atoms with Gasteiger partial charge in [0.15, 0.2) is 5.69 Å². The van der Waals surface area contributed by atoms with Gasteiger partial charge in [-0.25, -0.2) is 4.98 Å². The number of aromatic nitrogens is 2. The standard InChI is InChI=1S/C26H28ClN5O4/c1-4-12-32-24(34)22-21(23(33)30-19-7-5-6-18(27)13-19)29-16-31(22)15-26(32,2)25(35)28-14-17-8-10-20(36-3)11-9-17/h5-11,13,16H,4,12,14-15H2,1-3H3,(H,28,35)(H,30,33)/t26-/m0/s1. The van der Waals surface area contributed by atoms with Crippen LogP contribution in [-0.2, 0) is 17.9 Å². The molecule has 0 aliphatic carbocycles. The monoisotopic (exact) mass is 509 g/mol. The first-order valence-electron chi connectivity index (χ1n) is 11.6. The number of nitrogens with zero attached hydrogens (tertiary/aromatic N) is 3. The second-order valence-corrected chi connectivity index (χ2v) is 9.23. The van der Waals surface area contributed by atoms with Crippen molar-refractivity contribution in [3.63, 3.8) is 0 Å². The molecule has 2 N–H and O–H groups in total. The van der Waals surface area contributed by atoms with Gasteiger partial charge in [-0.3, -0.25) is 14.4 Å². The van der Waals surface area contributed by atoms with E-state index in [1.54, 1.807) is 42.9 Å². The highest BCUT2D eigenvalue weighted by Crippen LogP contribution is 2.30. The molecule has 188 valence electrons. The predicted octanol–water partition coefficient (Wildman–Crippen LogP) is 3.74. The van der Waals surface area contributed by atoms with E-state index in [0.29, 0.717) is 30.2 Å². The number of halogens is 1. The van der Waals surface area contributed by atoms with E-state index in [-0.39, 0.29) is 23.8 Å². The summed E-state index contributed by atoms with van der Waals surface area (Å²) >= 11 is 6.01. The van der Waals surface area contributed by atoms with E-state index in [2.05, 4.69) is 15.6 Å². The predicted molar refractivity (Wildman–Crippen MR) is 136 cm³/mol. The van der Waals surface area contributed by atoms with Gasteiger partial charge in [-0.2, -0.15) is 0 Å². The lowest BCUT2D eigenvalue weighted by molar-refractivity contribution is -0.133. The fraction of sp³-hybridized carbons (Fsp3) is 0.308. The van der Waals surface area contributed by atoms with Gasteiger partial charge in [0.1, 0.15) is 17.0 Å². The van der Waals surface area contributed by atoms with Crippen molar-refractivity contribution in [2.75, 3.05) is 19.0 Å². The zero-order chi connectivity index (χ0) is 25.9. The summed E-state index contributed by atoms with van der Waals surface area (Å²) in [5.41, 5.74) is 0.393. The van der Waals surface area contributed by atoms with E-state index in [1.807, 2.05) is 31.2 Å². The van der Waals surface area contributed by atoms with E-state index < -0.39 is 17.4 Å². The summed E-state index contributed by atoms with van der Waals surface area (Å²) < 4.78 is 6.75. The molecule has 1 aromatic heterocycles. The molecule has 4 rings (SSSR count). The van der Waals surface area contributed by atoms with Crippen LogP contribution in [0, 0.1) is 0 Å². The van der Waals surface area contributed by atoms with Crippen LogP contribution in [0.5, 0.6) is 5.75 Å². The second kappa shape index (κ2) is 10.4. The average molecular weight is 510 g/mol. The number of methoxy groups -OCH3 is 1. The van der Waals surface area contributed by atoms with Crippen molar-refractivity contribution in [3.05, 3.63) is 76.8 Å². The van der Waals surface area contributed by atoms with Gasteiger partial charge in [0.2, 0.25) is 5.91 Å². The van der Waals surface area contributed by atoms with E-state index in [9.17, 15) is 14.4 Å². The van der Waals surface area contributed by atoms with Crippen molar-refractivity contribution in [1.29, 1.82) is 0 Å². The number of imidazole rings is 1. The quantitative estimate of drug-likeness (QED) is 0.481. The Morgan fingerprint density at radius 3 is 2.61 bits per heavy atom. The largest absolute Gasteiger partial charge is 0.497 e. The molecule has 3 amide bonds. The Balaban J connectivity index is 1.57. The Kier molecular flexibility index (Phi) is 7.30. The molecule has 9 nitrogen and oxygen atoms in total. The lowest BCUT2D eigenvalue weighted by Gasteiger charge is -2.43. The van der Waals surface area contributed by atoms with E-state index in [4.69, 9.17) is 16.3 Å². The van der Waals surface area contributed by atoms with Crippen LogP contribution in [-0.4, -0.2) is 51.4 Å². The summed E-state index contributed by atoms with van der Waals surface area (Å²) in [4.78, 5) is 45.8. The number of hydrogen-bond acceptors (Lipinski definition) is 5. The first-order valence-corrected chi connectivity index (χ1v) is 12.0. The van der Waals surface area contributed by atoms with Gasteiger partial charge in [-0.15, -0.1) is 0 Å². The topological polar surface area (TPSA) is 106 Å². The molecule has 0 saturated carbocycles. The first kappa shape index (κ1) is 25.2. The number of fused-ring (bicyclic) bond motifs is 1. The van der Waals surface area contributed by atoms with Crippen molar-refractivity contribution in [3.8, 4) is 5.75 Å². The molecule has 2 heterocycles. The van der Waals surface area contributed by atoms with Crippen molar-refractivity contribution >= 4 is 35.0 Å². The SMILES string of the molecule is CCCN1C(=O)c2c(C(=O)Nc3cccc(Cl)c3)ncn2C[C@@]1(C)C(=O)NCc1ccc(OC)cc1. The minimum absolute atomic E-state index is 0.00164. The number of ether oxygens (including phenoxy) is 1. The maximum atomic E-state index is 13.6. The number of anilines is 1. The van der Waals surface area contributed by atoms with Crippen LogP contribution < -0.4 is 15.4 Å². The molecule has 3 aromatic rings. The summed E-state index contributed by atoms with van der Waals surface area (Å²) in [7, 11) is 1.59. The average Bonchev–Trinajstić information content (AvgIpc) is 3.29. The summed E-state index contributed by atoms with van der Waals surface area (Å²) in [5.74, 6) is -0.501. The first-order chi connectivity index (χ1) is 17.3. The maximum Gasteiger partial charge on any atom is 0.276 e. The number of nitrogens with one attached hydrogen (secondary N) is 2. The molecule has 0 spiro atoms. The van der Waals surface area contributed by atoms with Gasteiger partial charge in [-0.05, 0) is 49.2 Å². The fourth-order valence-electron chi connectivity index (χ4n) is 4.30. The smallest absolute Gasteiger partial charge is 0.276 e. The van der Waals surface area contributed by atoms with Gasteiger partial charge < -0.3 is 24.8 Å². The summed E-state index contributed by atoms with van der Waals surface area (Å²) in [6, 6.07) is 14.1. The van der Waals surface area contributed by atoms with Gasteiger partial charge >= 0.3 is 0 Å². The number of benzene rings is 2. The van der Waals surface area contributed by atoms with Crippen molar-refractivity contribution in [2.45, 2.75) is 38.9 Å². The highest BCUT2D eigenvalue weighted by atomic mass is 35.5. The number of carbonyl (C=O) groups is 3. The molecule has 0 radical (unpaired) electrons. The lowest BCUT2D eigenvalue weighted by atomic mass is 9.93. The minimum Gasteiger partial charge on any atom is -0.497 e. The van der Waals surface area contributed by atoms with Gasteiger partial charge in [0.05, 0.1) is 20.0 Å². The van der Waals surface area contributed by atoms with Crippen molar-refractivity contribution < 1.29 is 19.1 Å². The maximum absolute atomic E-state index is 13.6. The normalized spacial score (nSPS) is 16.9. The Morgan fingerprint density at radius 1 is 1.19 bits per heavy atom. The van der Waals surface area contributed by atoms with Crippen molar-refractivity contribution in [1.82, 2.24) is 19.8 Å². The third-order valence-corrected chi connectivity index (χ3v) is 6.44. The van der Waals surface area contributed by atoms with E-state index in [1.165, 1.54) is 11.2 Å². The third kappa shape index (κ3) is 4.92. The molecule has 1 atom stereocenters. The molecule has 36 heavy (non-hydrogen) atoms. The Bertz CT molecular complexity index is 1290. The summed E-state index contributed by atoms with van der Waals surface area (Å²) in [5, 5.41) is 6.16. The molecule has 0 bridgehead atoms. The molecule has 2 aromatic carbocycles. The highest BCUT2D eigenvalue weighted by molar-refractivity contribution is 6.31. The summed E-state index contributed by atoms with van der Waals surface area (Å²) in [6.07, 6.45) is 2.07. The molecule has 0 fully saturated rings. The Labute approximate surface area is 214 Å². The Hall–Kier alpha value is -3.85. The molecule has 10 heteroatoms. The van der Waals surface area contributed by atoms with Crippen molar-refractivity contribution in [2.24, 2.45) is 0 Å². The number of hydrogen-bond donors (Lipinski definition) is 2. The van der Waals surface area contributed by atoms with Gasteiger partial charge in [0.25, 0.3) is 11.8 Å². The van der Waals surface area contributed by atoms with Gasteiger partial charge in [0, 0.05) is 23.8 Å². The fourth-order valence-corrected chi connectivity index (χ4v) is 4.49. The third-order valence-electron chi connectivity index (χ3n) is 6.21. The van der Waals surface area contributed by atoms with Crippen LogP contribution in [0.2, 0.25) is 5.02 Å². The van der Waals surface area contributed by atoms with Crippen LogP contribution in [0.25, 0.3) is 0 Å². The molecular weight excluding hydrogens is 482 g/mol. The van der Waals surface area contributed by atoms with Crippen LogP contribution in [0.15, 0.2) is 54.9 Å². The minimum atomic E-state index is -1.16. The molecule has 1 aliphatic heterocycles. The molecule has 0 saturated heterocycles. The van der Waals surface area contributed by atoms with Gasteiger partial charge in [-0.1, -0.05) is 36.7 Å². The van der Waals surface area contributed by atoms with Crippen LogP contribution in [0.4, 0.5) is 5.69 Å². The van der Waals surface area contributed by atoms with Crippen LogP contribution in [0.1, 0.15) is 46.8 Å². The molecule has 1 aliphatic rings.